The van der Waals surface area contributed by atoms with Crippen LogP contribution in [0.4, 0.5) is 5.69 Å². The van der Waals surface area contributed by atoms with Crippen molar-refractivity contribution >= 4 is 17.3 Å². The Morgan fingerprint density at radius 3 is 2.50 bits per heavy atom. The summed E-state index contributed by atoms with van der Waals surface area (Å²) >= 11 is 5.83. The fourth-order valence-corrected chi connectivity index (χ4v) is 2.48. The molecule has 1 aromatic heterocycles. The number of pyridine rings is 1. The van der Waals surface area contributed by atoms with Crippen molar-refractivity contribution < 1.29 is 4.92 Å². The molecule has 1 heterocycles. The number of nitrogens with zero attached hydrogens (tertiary/aromatic N) is 2. The van der Waals surface area contributed by atoms with Crippen LogP contribution in [-0.2, 0) is 6.42 Å². The van der Waals surface area contributed by atoms with E-state index in [1.165, 1.54) is 12.8 Å². The Balaban J connectivity index is 2.97. The van der Waals surface area contributed by atoms with Gasteiger partial charge in [0.2, 0.25) is 5.15 Å². The molecule has 18 heavy (non-hydrogen) atoms. The highest BCUT2D eigenvalue weighted by atomic mass is 35.5. The second kappa shape index (κ2) is 6.69. The molecule has 1 aromatic rings. The highest BCUT2D eigenvalue weighted by Crippen LogP contribution is 2.31. The molecule has 0 fully saturated rings. The summed E-state index contributed by atoms with van der Waals surface area (Å²) < 4.78 is 0. The van der Waals surface area contributed by atoms with Gasteiger partial charge in [0.25, 0.3) is 0 Å². The van der Waals surface area contributed by atoms with Crippen LogP contribution < -0.4 is 0 Å². The van der Waals surface area contributed by atoms with Gasteiger partial charge in [-0.25, -0.2) is 4.98 Å². The summed E-state index contributed by atoms with van der Waals surface area (Å²) in [6, 6.07) is 0. The zero-order chi connectivity index (χ0) is 13.7. The van der Waals surface area contributed by atoms with Gasteiger partial charge in [-0.15, -0.1) is 0 Å². The predicted molar refractivity (Wildman–Crippen MR) is 73.2 cm³/mol. The molecular weight excluding hydrogens is 252 g/mol. The molecule has 5 heteroatoms. The summed E-state index contributed by atoms with van der Waals surface area (Å²) in [7, 11) is 0. The van der Waals surface area contributed by atoms with E-state index < -0.39 is 4.92 Å². The van der Waals surface area contributed by atoms with Crippen LogP contribution in [0.3, 0.4) is 0 Å². The van der Waals surface area contributed by atoms with Crippen molar-refractivity contribution in [3.63, 3.8) is 0 Å². The van der Waals surface area contributed by atoms with Gasteiger partial charge >= 0.3 is 5.69 Å². The smallest absolute Gasteiger partial charge is 0.258 e. The summed E-state index contributed by atoms with van der Waals surface area (Å²) in [5, 5.41) is 11.0. The van der Waals surface area contributed by atoms with E-state index in [0.717, 1.165) is 30.5 Å². The second-order valence-corrected chi connectivity index (χ2v) is 4.87. The maximum Gasteiger partial charge on any atom is 0.309 e. The van der Waals surface area contributed by atoms with Crippen molar-refractivity contribution in [1.29, 1.82) is 0 Å². The molecule has 1 rings (SSSR count). The average molecular weight is 271 g/mol. The van der Waals surface area contributed by atoms with Crippen molar-refractivity contribution in [3.8, 4) is 0 Å². The van der Waals surface area contributed by atoms with Crippen molar-refractivity contribution in [2.24, 2.45) is 0 Å². The third-order valence-electron chi connectivity index (χ3n) is 3.17. The SMILES string of the molecule is CCCCCCc1c(C)nc(Cl)c([N+](=O)[O-])c1C. The lowest BCUT2D eigenvalue weighted by Gasteiger charge is -2.10. The standard InChI is InChI=1S/C13H19ClN2O2/c1-4-5-6-7-8-11-9(2)12(16(17)18)13(14)15-10(11)3/h4-8H2,1-3H3. The van der Waals surface area contributed by atoms with Crippen molar-refractivity contribution in [2.75, 3.05) is 0 Å². The van der Waals surface area contributed by atoms with Crippen molar-refractivity contribution in [1.82, 2.24) is 4.98 Å². The van der Waals surface area contributed by atoms with Crippen molar-refractivity contribution in [2.45, 2.75) is 52.9 Å². The first-order valence-electron chi connectivity index (χ1n) is 6.29. The Morgan fingerprint density at radius 1 is 1.28 bits per heavy atom. The molecule has 0 aromatic carbocycles. The molecule has 0 aliphatic heterocycles. The molecule has 0 aliphatic carbocycles. The van der Waals surface area contributed by atoms with Gasteiger partial charge in [0.05, 0.1) is 4.92 Å². The Kier molecular flexibility index (Phi) is 5.54. The first kappa shape index (κ1) is 14.9. The molecule has 0 atom stereocenters. The van der Waals surface area contributed by atoms with Crippen LogP contribution in [0.25, 0.3) is 0 Å². The van der Waals surface area contributed by atoms with E-state index in [9.17, 15) is 10.1 Å². The Labute approximate surface area is 113 Å². The molecule has 0 saturated carbocycles. The van der Waals surface area contributed by atoms with Gasteiger partial charge in [-0.3, -0.25) is 10.1 Å². The Bertz CT molecular complexity index is 447. The average Bonchev–Trinajstić information content (AvgIpc) is 2.26. The van der Waals surface area contributed by atoms with Crippen LogP contribution in [0.1, 0.15) is 49.4 Å². The first-order chi connectivity index (χ1) is 8.49. The molecule has 100 valence electrons. The van der Waals surface area contributed by atoms with Gasteiger partial charge in [0.15, 0.2) is 0 Å². The van der Waals surface area contributed by atoms with Gasteiger partial charge in [0.1, 0.15) is 0 Å². The minimum Gasteiger partial charge on any atom is -0.258 e. The summed E-state index contributed by atoms with van der Waals surface area (Å²) in [5.74, 6) is 0. The summed E-state index contributed by atoms with van der Waals surface area (Å²) in [4.78, 5) is 14.6. The number of halogens is 1. The lowest BCUT2D eigenvalue weighted by Crippen LogP contribution is -2.03. The number of unbranched alkanes of at least 4 members (excludes halogenated alkanes) is 3. The highest BCUT2D eigenvalue weighted by molar-refractivity contribution is 6.31. The molecule has 0 aliphatic rings. The van der Waals surface area contributed by atoms with E-state index in [1.54, 1.807) is 6.92 Å². The van der Waals surface area contributed by atoms with Crippen LogP contribution in [0, 0.1) is 24.0 Å². The number of rotatable bonds is 6. The minimum atomic E-state index is -0.445. The predicted octanol–water partition coefficient (Wildman–Crippen LogP) is 4.38. The Morgan fingerprint density at radius 2 is 1.94 bits per heavy atom. The maximum absolute atomic E-state index is 11.0. The van der Waals surface area contributed by atoms with E-state index in [0.29, 0.717) is 5.56 Å². The molecule has 0 radical (unpaired) electrons. The number of nitro groups is 1. The number of hydrogen-bond acceptors (Lipinski definition) is 3. The normalized spacial score (nSPS) is 10.7. The summed E-state index contributed by atoms with van der Waals surface area (Å²) in [6.45, 7) is 5.77. The highest BCUT2D eigenvalue weighted by Gasteiger charge is 2.22. The van der Waals surface area contributed by atoms with Crippen LogP contribution in [0.15, 0.2) is 0 Å². The summed E-state index contributed by atoms with van der Waals surface area (Å²) in [5.41, 5.74) is 2.39. The van der Waals surface area contributed by atoms with Gasteiger partial charge in [-0.1, -0.05) is 37.8 Å². The largest absolute Gasteiger partial charge is 0.309 e. The second-order valence-electron chi connectivity index (χ2n) is 4.51. The molecule has 4 nitrogen and oxygen atoms in total. The van der Waals surface area contributed by atoms with Crippen LogP contribution in [0.5, 0.6) is 0 Å². The number of hydrogen-bond donors (Lipinski definition) is 0. The Hall–Kier alpha value is -1.16. The number of aryl methyl sites for hydroxylation is 1. The zero-order valence-corrected chi connectivity index (χ0v) is 11.9. The molecule has 0 N–H and O–H groups in total. The summed E-state index contributed by atoms with van der Waals surface area (Å²) in [6.07, 6.45) is 5.39. The van der Waals surface area contributed by atoms with E-state index in [4.69, 9.17) is 11.6 Å². The zero-order valence-electron chi connectivity index (χ0n) is 11.1. The molecule has 0 bridgehead atoms. The van der Waals surface area contributed by atoms with E-state index in [1.807, 2.05) is 6.92 Å². The molecule has 0 spiro atoms. The van der Waals surface area contributed by atoms with Crippen molar-refractivity contribution in [3.05, 3.63) is 32.1 Å². The monoisotopic (exact) mass is 270 g/mol. The van der Waals surface area contributed by atoms with E-state index in [2.05, 4.69) is 11.9 Å². The van der Waals surface area contributed by atoms with Gasteiger partial charge < -0.3 is 0 Å². The fraction of sp³-hybridized carbons (Fsp3) is 0.615. The van der Waals surface area contributed by atoms with Crippen LogP contribution in [-0.4, -0.2) is 9.91 Å². The topological polar surface area (TPSA) is 56.0 Å². The van der Waals surface area contributed by atoms with E-state index >= 15 is 0 Å². The molecule has 0 unspecified atom stereocenters. The third-order valence-corrected chi connectivity index (χ3v) is 3.43. The third kappa shape index (κ3) is 3.42. The van der Waals surface area contributed by atoms with Gasteiger partial charge in [-0.05, 0) is 32.3 Å². The fourth-order valence-electron chi connectivity index (χ4n) is 2.15. The maximum atomic E-state index is 11.0. The molecule has 0 saturated heterocycles. The van der Waals surface area contributed by atoms with Gasteiger partial charge in [0, 0.05) is 11.3 Å². The molecular formula is C13H19ClN2O2. The lowest BCUT2D eigenvalue weighted by atomic mass is 10.00. The minimum absolute atomic E-state index is 0.00712. The quantitative estimate of drug-likeness (QED) is 0.333. The van der Waals surface area contributed by atoms with Crippen LogP contribution >= 0.6 is 11.6 Å². The lowest BCUT2D eigenvalue weighted by molar-refractivity contribution is -0.385. The van der Waals surface area contributed by atoms with Crippen LogP contribution in [0.2, 0.25) is 5.15 Å². The number of aromatic nitrogens is 1. The first-order valence-corrected chi connectivity index (χ1v) is 6.66. The molecule has 0 amide bonds. The van der Waals surface area contributed by atoms with E-state index in [-0.39, 0.29) is 10.8 Å². The van der Waals surface area contributed by atoms with Gasteiger partial charge in [-0.2, -0.15) is 0 Å².